The van der Waals surface area contributed by atoms with E-state index in [1.165, 1.54) is 5.56 Å². The highest BCUT2D eigenvalue weighted by molar-refractivity contribution is 7.99. The summed E-state index contributed by atoms with van der Waals surface area (Å²) < 4.78 is 1.89. The van der Waals surface area contributed by atoms with Gasteiger partial charge in [-0.3, -0.25) is 4.68 Å². The van der Waals surface area contributed by atoms with Crippen LogP contribution in [0.25, 0.3) is 0 Å². The second-order valence-electron chi connectivity index (χ2n) is 4.85. The fraction of sp³-hybridized carbons (Fsp3) is 0.375. The van der Waals surface area contributed by atoms with Crippen molar-refractivity contribution in [1.29, 1.82) is 5.26 Å². The minimum atomic E-state index is 0.681. The number of anilines is 1. The van der Waals surface area contributed by atoms with E-state index in [-0.39, 0.29) is 0 Å². The molecule has 1 aromatic carbocycles. The second-order valence-corrected chi connectivity index (χ2v) is 6.16. The molecule has 21 heavy (non-hydrogen) atoms. The normalized spacial score (nSPS) is 10.4. The van der Waals surface area contributed by atoms with E-state index in [1.807, 2.05) is 36.9 Å². The summed E-state index contributed by atoms with van der Waals surface area (Å²) in [6, 6.07) is 8.26. The van der Waals surface area contributed by atoms with Crippen LogP contribution in [0, 0.1) is 25.2 Å². The zero-order valence-corrected chi connectivity index (χ0v) is 13.7. The molecule has 1 heterocycles. The molecular formula is C16H20N4S. The Morgan fingerprint density at radius 3 is 2.71 bits per heavy atom. The van der Waals surface area contributed by atoms with Gasteiger partial charge in [-0.05, 0) is 31.7 Å². The van der Waals surface area contributed by atoms with Gasteiger partial charge in [0.1, 0.15) is 6.07 Å². The first-order valence-corrected chi connectivity index (χ1v) is 7.95. The summed E-state index contributed by atoms with van der Waals surface area (Å²) in [6.45, 7) is 6.85. The van der Waals surface area contributed by atoms with Crippen LogP contribution in [0.3, 0.4) is 0 Å². The van der Waals surface area contributed by atoms with Crippen LogP contribution in [0.5, 0.6) is 0 Å². The highest BCUT2D eigenvalue weighted by Gasteiger charge is 2.11. The third-order valence-electron chi connectivity index (χ3n) is 3.55. The fourth-order valence-corrected chi connectivity index (χ4v) is 3.11. The summed E-state index contributed by atoms with van der Waals surface area (Å²) >= 11 is 1.69. The van der Waals surface area contributed by atoms with Crippen molar-refractivity contribution in [2.45, 2.75) is 32.2 Å². The first kappa shape index (κ1) is 15.5. The molecule has 0 spiro atoms. The molecule has 0 bridgehead atoms. The van der Waals surface area contributed by atoms with Crippen molar-refractivity contribution in [3.8, 4) is 6.07 Å². The smallest absolute Gasteiger partial charge is 0.102 e. The second kappa shape index (κ2) is 6.68. The van der Waals surface area contributed by atoms with E-state index in [0.29, 0.717) is 6.54 Å². The number of aryl methyl sites for hydroxylation is 2. The maximum absolute atomic E-state index is 9.42. The van der Waals surface area contributed by atoms with Crippen LogP contribution in [-0.4, -0.2) is 15.5 Å². The van der Waals surface area contributed by atoms with Crippen LogP contribution in [0.2, 0.25) is 0 Å². The Hall–Kier alpha value is -1.93. The van der Waals surface area contributed by atoms with Crippen LogP contribution in [0.4, 0.5) is 5.69 Å². The zero-order valence-electron chi connectivity index (χ0n) is 12.9. The highest BCUT2D eigenvalue weighted by atomic mass is 32.2. The minimum Gasteiger partial charge on any atom is -0.380 e. The van der Waals surface area contributed by atoms with Gasteiger partial charge in [-0.1, -0.05) is 13.0 Å². The van der Waals surface area contributed by atoms with Crippen LogP contribution in [0.1, 0.15) is 29.4 Å². The lowest BCUT2D eigenvalue weighted by atomic mass is 10.1. The molecule has 1 N–H and O–H groups in total. The molecule has 0 saturated heterocycles. The van der Waals surface area contributed by atoms with Gasteiger partial charge in [0.2, 0.25) is 0 Å². The first-order chi connectivity index (χ1) is 10.1. The molecule has 110 valence electrons. The largest absolute Gasteiger partial charge is 0.380 e. The third kappa shape index (κ3) is 3.22. The Bertz CT molecular complexity index is 682. The average Bonchev–Trinajstić information content (AvgIpc) is 2.71. The SMILES string of the molecule is CCSc1cccc(NCc2c(C)nn(C)c2C)c1C#N. The number of nitrogens with one attached hydrogen (secondary N) is 1. The van der Waals surface area contributed by atoms with E-state index in [9.17, 15) is 5.26 Å². The molecule has 0 aliphatic carbocycles. The summed E-state index contributed by atoms with van der Waals surface area (Å²) in [5.74, 6) is 0.957. The van der Waals surface area contributed by atoms with Gasteiger partial charge in [-0.15, -0.1) is 11.8 Å². The number of aromatic nitrogens is 2. The monoisotopic (exact) mass is 300 g/mol. The topological polar surface area (TPSA) is 53.6 Å². The maximum atomic E-state index is 9.42. The summed E-state index contributed by atoms with van der Waals surface area (Å²) in [5.41, 5.74) is 4.98. The summed E-state index contributed by atoms with van der Waals surface area (Å²) in [4.78, 5) is 1.03. The van der Waals surface area contributed by atoms with E-state index < -0.39 is 0 Å². The molecule has 0 amide bonds. The van der Waals surface area contributed by atoms with E-state index in [4.69, 9.17) is 0 Å². The zero-order chi connectivity index (χ0) is 15.4. The predicted molar refractivity (Wildman–Crippen MR) is 87.6 cm³/mol. The molecule has 4 nitrogen and oxygen atoms in total. The molecule has 0 radical (unpaired) electrons. The molecule has 0 saturated carbocycles. The summed E-state index contributed by atoms with van der Waals surface area (Å²) in [7, 11) is 1.95. The molecule has 1 aromatic heterocycles. The Balaban J connectivity index is 2.24. The van der Waals surface area contributed by atoms with Gasteiger partial charge < -0.3 is 5.32 Å². The first-order valence-electron chi connectivity index (χ1n) is 6.97. The molecule has 2 aromatic rings. The van der Waals surface area contributed by atoms with Crippen molar-refractivity contribution in [2.75, 3.05) is 11.1 Å². The molecule has 2 rings (SSSR count). The Kier molecular flexibility index (Phi) is 4.92. The number of nitrogens with zero attached hydrogens (tertiary/aromatic N) is 3. The van der Waals surface area contributed by atoms with E-state index in [0.717, 1.165) is 33.3 Å². The van der Waals surface area contributed by atoms with Gasteiger partial charge in [0.05, 0.1) is 16.9 Å². The lowest BCUT2D eigenvalue weighted by Gasteiger charge is -2.11. The summed E-state index contributed by atoms with van der Waals surface area (Å²) in [6.07, 6.45) is 0. The third-order valence-corrected chi connectivity index (χ3v) is 4.49. The van der Waals surface area contributed by atoms with Crippen LogP contribution in [-0.2, 0) is 13.6 Å². The Morgan fingerprint density at radius 2 is 2.14 bits per heavy atom. The van der Waals surface area contributed by atoms with Crippen molar-refractivity contribution in [2.24, 2.45) is 7.05 Å². The number of hydrogen-bond donors (Lipinski definition) is 1. The van der Waals surface area contributed by atoms with Crippen molar-refractivity contribution < 1.29 is 0 Å². The summed E-state index contributed by atoms with van der Waals surface area (Å²) in [5, 5.41) is 17.2. The Morgan fingerprint density at radius 1 is 1.38 bits per heavy atom. The van der Waals surface area contributed by atoms with Crippen LogP contribution in [0.15, 0.2) is 23.1 Å². The van der Waals surface area contributed by atoms with Gasteiger partial charge >= 0.3 is 0 Å². The Labute approximate surface area is 130 Å². The molecule has 0 aliphatic heterocycles. The van der Waals surface area contributed by atoms with Crippen molar-refractivity contribution in [1.82, 2.24) is 9.78 Å². The van der Waals surface area contributed by atoms with Crippen molar-refractivity contribution in [3.63, 3.8) is 0 Å². The van der Waals surface area contributed by atoms with E-state index >= 15 is 0 Å². The van der Waals surface area contributed by atoms with Crippen LogP contribution < -0.4 is 5.32 Å². The van der Waals surface area contributed by atoms with Crippen LogP contribution >= 0.6 is 11.8 Å². The molecule has 5 heteroatoms. The maximum Gasteiger partial charge on any atom is 0.102 e. The average molecular weight is 300 g/mol. The number of thioether (sulfide) groups is 1. The number of nitriles is 1. The fourth-order valence-electron chi connectivity index (χ4n) is 2.33. The molecule has 0 unspecified atom stereocenters. The molecule has 0 atom stereocenters. The number of rotatable bonds is 5. The van der Waals surface area contributed by atoms with E-state index in [2.05, 4.69) is 30.3 Å². The van der Waals surface area contributed by atoms with Gasteiger partial charge in [0.15, 0.2) is 0 Å². The predicted octanol–water partition coefficient (Wildman–Crippen LogP) is 3.63. The van der Waals surface area contributed by atoms with Gasteiger partial charge in [0.25, 0.3) is 0 Å². The molecular weight excluding hydrogens is 280 g/mol. The van der Waals surface area contributed by atoms with E-state index in [1.54, 1.807) is 11.8 Å². The van der Waals surface area contributed by atoms with Gasteiger partial charge in [-0.25, -0.2) is 0 Å². The van der Waals surface area contributed by atoms with Gasteiger partial charge in [0, 0.05) is 29.7 Å². The minimum absolute atomic E-state index is 0.681. The lowest BCUT2D eigenvalue weighted by molar-refractivity contribution is 0.730. The van der Waals surface area contributed by atoms with Gasteiger partial charge in [-0.2, -0.15) is 10.4 Å². The molecule has 0 aliphatic rings. The quantitative estimate of drug-likeness (QED) is 0.857. The lowest BCUT2D eigenvalue weighted by Crippen LogP contribution is -2.04. The molecule has 0 fully saturated rings. The van der Waals surface area contributed by atoms with Crippen molar-refractivity contribution in [3.05, 3.63) is 40.7 Å². The highest BCUT2D eigenvalue weighted by Crippen LogP contribution is 2.28. The number of hydrogen-bond acceptors (Lipinski definition) is 4. The number of benzene rings is 1. The standard InChI is InChI=1S/C16H20N4S/c1-5-21-16-8-6-7-15(13(16)9-17)18-10-14-11(2)19-20(4)12(14)3/h6-8,18H,5,10H2,1-4H3. The van der Waals surface area contributed by atoms with Crippen molar-refractivity contribution >= 4 is 17.4 Å².